The van der Waals surface area contributed by atoms with Crippen molar-refractivity contribution in [3.8, 4) is 0 Å². The number of methoxy groups -OCH3 is 3. The van der Waals surface area contributed by atoms with E-state index in [2.05, 4.69) is 34.6 Å². The van der Waals surface area contributed by atoms with Gasteiger partial charge in [0, 0.05) is 7.11 Å². The molecule has 21 heavy (non-hydrogen) atoms. The molecule has 0 fully saturated rings. The second-order valence-corrected chi connectivity index (χ2v) is 2.97. The summed E-state index contributed by atoms with van der Waals surface area (Å²) in [4.78, 5) is 39.4. The second kappa shape index (κ2) is 18.5. The topological polar surface area (TPSA) is 125 Å². The Balaban J connectivity index is -0.000000234. The average Bonchev–Trinajstić information content (AvgIpc) is 2.47. The summed E-state index contributed by atoms with van der Waals surface area (Å²) in [5.74, 6) is -2.98. The van der Waals surface area contributed by atoms with Crippen LogP contribution in [0.3, 0.4) is 0 Å². The van der Waals surface area contributed by atoms with Crippen molar-refractivity contribution < 1.29 is 43.1 Å². The number of hydrogen-bond acceptors (Lipinski definition) is 8. The lowest BCUT2D eigenvalue weighted by Gasteiger charge is -1.90. The standard InChI is InChI=1S/C3H4BO4.C3H6BO3.C2H3BBrO2/c1-8-3(7)4-2(5)6;1-6-3(5)4-7-2;1-6-2(5)3-4/h1H3,(H,5,6);1-2H3;1H3. The van der Waals surface area contributed by atoms with E-state index in [0.29, 0.717) is 7.28 Å². The Hall–Kier alpha value is -1.49. The molecule has 13 heteroatoms. The molecule has 9 nitrogen and oxygen atoms in total. The third-order valence-corrected chi connectivity index (χ3v) is 1.52. The summed E-state index contributed by atoms with van der Waals surface area (Å²) in [7, 11) is 6.54. The minimum atomic E-state index is -1.29. The van der Waals surface area contributed by atoms with Crippen LogP contribution in [-0.4, -0.2) is 77.9 Å². The van der Waals surface area contributed by atoms with Gasteiger partial charge in [0.05, 0.1) is 21.3 Å². The van der Waals surface area contributed by atoms with Crippen LogP contribution in [0.5, 0.6) is 0 Å². The Morgan fingerprint density at radius 1 is 0.857 bits per heavy atom. The summed E-state index contributed by atoms with van der Waals surface area (Å²) in [6.07, 6.45) is 1.17. The third kappa shape index (κ3) is 27.6. The van der Waals surface area contributed by atoms with E-state index in [1.54, 1.807) is 0 Å². The van der Waals surface area contributed by atoms with Crippen molar-refractivity contribution in [1.82, 2.24) is 0 Å². The SMILES string of the molecule is COC(=O)[B]Br.COC(=O)[B]C(=O)O.CO[B]C(=O)OC. The van der Waals surface area contributed by atoms with Crippen molar-refractivity contribution in [3.63, 3.8) is 0 Å². The molecule has 0 bridgehead atoms. The van der Waals surface area contributed by atoms with E-state index in [9.17, 15) is 19.2 Å². The summed E-state index contributed by atoms with van der Waals surface area (Å²) in [6.45, 7) is 0. The normalized spacial score (nSPS) is 7.48. The minimum absolute atomic E-state index is 0.366. The van der Waals surface area contributed by atoms with Crippen molar-refractivity contribution in [2.24, 2.45) is 0 Å². The van der Waals surface area contributed by atoms with Crippen molar-refractivity contribution >= 4 is 60.1 Å². The Morgan fingerprint density at radius 3 is 1.38 bits per heavy atom. The first kappa shape index (κ1) is 24.5. The predicted octanol–water partition coefficient (Wildman–Crippen LogP) is 0.920. The minimum Gasteiger partial charge on any atom is -0.489 e. The van der Waals surface area contributed by atoms with E-state index in [1.165, 1.54) is 27.4 Å². The maximum atomic E-state index is 10.0. The van der Waals surface area contributed by atoms with Crippen LogP contribution in [0.4, 0.5) is 19.2 Å². The molecule has 1 N–H and O–H groups in total. The molecule has 0 aliphatic heterocycles. The molecule has 0 rings (SSSR count). The van der Waals surface area contributed by atoms with E-state index in [-0.39, 0.29) is 5.87 Å². The van der Waals surface area contributed by atoms with Gasteiger partial charge in [-0.3, -0.25) is 19.2 Å². The van der Waals surface area contributed by atoms with Crippen LogP contribution < -0.4 is 0 Å². The number of hydrogen-bond donors (Lipinski definition) is 1. The smallest absolute Gasteiger partial charge is 0.435 e. The van der Waals surface area contributed by atoms with Gasteiger partial charge >= 0.3 is 20.9 Å². The van der Waals surface area contributed by atoms with Crippen molar-refractivity contribution in [2.75, 3.05) is 28.4 Å². The summed E-state index contributed by atoms with van der Waals surface area (Å²) in [6, 6.07) is 0. The fourth-order valence-electron chi connectivity index (χ4n) is 0.349. The van der Waals surface area contributed by atoms with Gasteiger partial charge in [-0.1, -0.05) is 0 Å². The van der Waals surface area contributed by atoms with Crippen LogP contribution in [0.25, 0.3) is 0 Å². The van der Waals surface area contributed by atoms with Gasteiger partial charge in [-0.25, -0.2) is 0 Å². The first-order valence-corrected chi connectivity index (χ1v) is 5.81. The van der Waals surface area contributed by atoms with Crippen molar-refractivity contribution in [2.45, 2.75) is 0 Å². The van der Waals surface area contributed by atoms with E-state index in [4.69, 9.17) is 5.11 Å². The summed E-state index contributed by atoms with van der Waals surface area (Å²) in [5, 5.41) is 7.86. The lowest BCUT2D eigenvalue weighted by Crippen LogP contribution is -2.17. The van der Waals surface area contributed by atoms with Gasteiger partial charge < -0.3 is 24.0 Å². The van der Waals surface area contributed by atoms with Crippen LogP contribution >= 0.6 is 15.8 Å². The monoisotopic (exact) mass is 365 g/mol. The predicted molar refractivity (Wildman–Crippen MR) is 78.4 cm³/mol. The highest BCUT2D eigenvalue weighted by molar-refractivity contribution is 9.24. The molecule has 0 aliphatic rings. The number of carbonyl (C=O) groups is 4. The molecule has 0 saturated carbocycles. The highest BCUT2D eigenvalue weighted by Gasteiger charge is 2.10. The van der Waals surface area contributed by atoms with E-state index in [1.807, 2.05) is 0 Å². The highest BCUT2D eigenvalue weighted by Crippen LogP contribution is 1.78. The first-order valence-electron chi connectivity index (χ1n) is 4.89. The van der Waals surface area contributed by atoms with Crippen molar-refractivity contribution in [1.29, 1.82) is 0 Å². The molecule has 0 aromatic rings. The molecule has 0 saturated heterocycles. The van der Waals surface area contributed by atoms with Gasteiger partial charge in [0.15, 0.2) is 0 Å². The molecule has 0 aromatic heterocycles. The van der Waals surface area contributed by atoms with Crippen molar-refractivity contribution in [3.05, 3.63) is 0 Å². The molecule has 0 atom stereocenters. The Bertz CT molecular complexity index is 320. The van der Waals surface area contributed by atoms with E-state index < -0.39 is 17.6 Å². The molecule has 3 radical (unpaired) electrons. The van der Waals surface area contributed by atoms with Crippen LogP contribution in [0, 0.1) is 0 Å². The number of rotatable bonds is 5. The van der Waals surface area contributed by atoms with Gasteiger partial charge in [-0.2, -0.15) is 0 Å². The zero-order chi connectivity index (χ0) is 17.3. The Labute approximate surface area is 132 Å². The second-order valence-electron chi connectivity index (χ2n) is 2.51. The quantitative estimate of drug-likeness (QED) is 0.559. The summed E-state index contributed by atoms with van der Waals surface area (Å²) < 4.78 is 16.6. The van der Waals surface area contributed by atoms with E-state index in [0.717, 1.165) is 14.6 Å². The molecule has 0 amide bonds. The maximum absolute atomic E-state index is 10.0. The number of carbonyl (C=O) groups excluding carboxylic acids is 3. The lowest BCUT2D eigenvalue weighted by molar-refractivity contribution is 0.193. The fourth-order valence-corrected chi connectivity index (χ4v) is 0.536. The van der Waals surface area contributed by atoms with Gasteiger partial charge in [0.1, 0.15) is 0 Å². The molecule has 0 spiro atoms. The Kier molecular flexibility index (Phi) is 21.6. The lowest BCUT2D eigenvalue weighted by atomic mass is 9.80. The number of carboxylic acid groups (broad SMARTS) is 1. The largest absolute Gasteiger partial charge is 0.489 e. The number of ether oxygens (including phenoxy) is 3. The highest BCUT2D eigenvalue weighted by atomic mass is 79.9. The fraction of sp³-hybridized carbons (Fsp3) is 0.500. The number of halogens is 1. The molecule has 0 heterocycles. The van der Waals surface area contributed by atoms with Gasteiger partial charge in [0.25, 0.3) is 23.5 Å². The molecular formula is C8H13B3BrO9. The average molecular weight is 366 g/mol. The Morgan fingerprint density at radius 2 is 1.29 bits per heavy atom. The molecule has 0 aromatic carbocycles. The molecular weight excluding hydrogens is 352 g/mol. The maximum Gasteiger partial charge on any atom is 0.435 e. The zero-order valence-electron chi connectivity index (χ0n) is 11.8. The summed E-state index contributed by atoms with van der Waals surface area (Å²) in [5.41, 5.74) is 0. The summed E-state index contributed by atoms with van der Waals surface area (Å²) >= 11 is 2.78. The van der Waals surface area contributed by atoms with Crippen LogP contribution in [0.15, 0.2) is 0 Å². The van der Waals surface area contributed by atoms with Gasteiger partial charge in [-0.15, -0.1) is 15.8 Å². The molecule has 115 valence electrons. The van der Waals surface area contributed by atoms with Gasteiger partial charge in [-0.05, 0) is 0 Å². The van der Waals surface area contributed by atoms with Crippen LogP contribution in [0.1, 0.15) is 0 Å². The molecule has 0 unspecified atom stereocenters. The molecule has 0 aliphatic carbocycles. The van der Waals surface area contributed by atoms with Crippen LogP contribution in [-0.2, 0) is 18.9 Å². The van der Waals surface area contributed by atoms with E-state index >= 15 is 0 Å². The first-order chi connectivity index (χ1) is 9.78. The van der Waals surface area contributed by atoms with Crippen LogP contribution in [0.2, 0.25) is 0 Å². The van der Waals surface area contributed by atoms with Gasteiger partial charge in [0.2, 0.25) is 0 Å². The zero-order valence-corrected chi connectivity index (χ0v) is 13.4. The third-order valence-electron chi connectivity index (χ3n) is 1.15.